The maximum atomic E-state index is 5.52. The van der Waals surface area contributed by atoms with Crippen LogP contribution in [-0.4, -0.2) is 18.6 Å². The van der Waals surface area contributed by atoms with E-state index >= 15 is 0 Å². The summed E-state index contributed by atoms with van der Waals surface area (Å²) in [5.74, 6) is 0.875. The molecule has 1 aromatic carbocycles. The number of thiazole rings is 1. The Balaban J connectivity index is 2.14. The van der Waals surface area contributed by atoms with Crippen LogP contribution in [0.2, 0.25) is 0 Å². The molecular formula is C15H20N2OS. The van der Waals surface area contributed by atoms with Gasteiger partial charge < -0.3 is 10.5 Å². The largest absolute Gasteiger partial charge is 0.497 e. The van der Waals surface area contributed by atoms with Crippen LogP contribution >= 0.6 is 11.3 Å². The highest BCUT2D eigenvalue weighted by atomic mass is 32.1. The lowest BCUT2D eigenvalue weighted by Crippen LogP contribution is -1.98. The van der Waals surface area contributed by atoms with E-state index in [-0.39, 0.29) is 0 Å². The lowest BCUT2D eigenvalue weighted by molar-refractivity contribution is 0.415. The molecule has 1 aromatic heterocycles. The molecule has 0 bridgehead atoms. The van der Waals surface area contributed by atoms with Crippen LogP contribution in [0.15, 0.2) is 24.3 Å². The van der Waals surface area contributed by atoms with Gasteiger partial charge in [0.25, 0.3) is 0 Å². The number of hydrogen-bond donors (Lipinski definition) is 1. The van der Waals surface area contributed by atoms with Crippen molar-refractivity contribution in [3.63, 3.8) is 0 Å². The van der Waals surface area contributed by atoms with Crippen molar-refractivity contribution in [2.45, 2.75) is 26.2 Å². The highest BCUT2D eigenvalue weighted by Crippen LogP contribution is 2.29. The van der Waals surface area contributed by atoms with Gasteiger partial charge in [0.15, 0.2) is 0 Å². The molecule has 0 spiro atoms. The Kier molecular flexibility index (Phi) is 4.93. The molecule has 102 valence electrons. The van der Waals surface area contributed by atoms with Crippen LogP contribution in [-0.2, 0) is 6.42 Å². The van der Waals surface area contributed by atoms with Gasteiger partial charge in [-0.3, -0.25) is 0 Å². The third-order valence-electron chi connectivity index (χ3n) is 3.05. The van der Waals surface area contributed by atoms with Crippen molar-refractivity contribution in [2.75, 3.05) is 13.7 Å². The Morgan fingerprint density at radius 1 is 1.21 bits per heavy atom. The number of benzene rings is 1. The molecule has 0 atom stereocenters. The summed E-state index contributed by atoms with van der Waals surface area (Å²) in [5.41, 5.74) is 7.76. The lowest BCUT2D eigenvalue weighted by atomic mass is 10.1. The minimum absolute atomic E-state index is 0.760. The molecule has 19 heavy (non-hydrogen) atoms. The predicted molar refractivity (Wildman–Crippen MR) is 80.8 cm³/mol. The fourth-order valence-electron chi connectivity index (χ4n) is 2.00. The standard InChI is InChI=1S/C15H20N2OS/c1-11-15(12-6-8-13(18-2)9-7-12)17-14(19-11)5-3-4-10-16/h6-9H,3-5,10,16H2,1-2H3. The zero-order valence-electron chi connectivity index (χ0n) is 11.5. The number of unbranched alkanes of at least 4 members (excludes halogenated alkanes) is 1. The Labute approximate surface area is 118 Å². The number of nitrogens with zero attached hydrogens (tertiary/aromatic N) is 1. The number of hydrogen-bond acceptors (Lipinski definition) is 4. The van der Waals surface area contributed by atoms with Crippen molar-refractivity contribution >= 4 is 11.3 Å². The molecule has 4 heteroatoms. The highest BCUT2D eigenvalue weighted by Gasteiger charge is 2.09. The van der Waals surface area contributed by atoms with Crippen molar-refractivity contribution < 1.29 is 4.74 Å². The van der Waals surface area contributed by atoms with Crippen molar-refractivity contribution in [2.24, 2.45) is 5.73 Å². The molecule has 0 fully saturated rings. The first kappa shape index (κ1) is 14.0. The Hall–Kier alpha value is -1.39. The third-order valence-corrected chi connectivity index (χ3v) is 4.08. The van der Waals surface area contributed by atoms with Crippen LogP contribution < -0.4 is 10.5 Å². The molecule has 0 saturated carbocycles. The average molecular weight is 276 g/mol. The van der Waals surface area contributed by atoms with E-state index in [1.807, 2.05) is 12.1 Å². The van der Waals surface area contributed by atoms with E-state index in [0.29, 0.717) is 0 Å². The second-order valence-corrected chi connectivity index (χ2v) is 5.77. The first-order valence-electron chi connectivity index (χ1n) is 6.55. The molecule has 2 N–H and O–H groups in total. The number of aromatic nitrogens is 1. The fourth-order valence-corrected chi connectivity index (χ4v) is 2.99. The van der Waals surface area contributed by atoms with Gasteiger partial charge in [-0.05, 0) is 57.0 Å². The Bertz CT molecular complexity index is 519. The van der Waals surface area contributed by atoms with Crippen LogP contribution in [0, 0.1) is 6.92 Å². The summed E-state index contributed by atoms with van der Waals surface area (Å²) in [6.07, 6.45) is 3.21. The van der Waals surface area contributed by atoms with Gasteiger partial charge >= 0.3 is 0 Å². The topological polar surface area (TPSA) is 48.1 Å². The maximum absolute atomic E-state index is 5.52. The predicted octanol–water partition coefficient (Wildman–Crippen LogP) is 3.41. The second kappa shape index (κ2) is 6.68. The zero-order chi connectivity index (χ0) is 13.7. The van der Waals surface area contributed by atoms with Crippen molar-refractivity contribution in [1.82, 2.24) is 4.98 Å². The molecule has 3 nitrogen and oxygen atoms in total. The van der Waals surface area contributed by atoms with Gasteiger partial charge in [0.2, 0.25) is 0 Å². The number of rotatable bonds is 6. The van der Waals surface area contributed by atoms with Crippen LogP contribution in [0.4, 0.5) is 0 Å². The lowest BCUT2D eigenvalue weighted by Gasteiger charge is -2.01. The molecule has 0 aliphatic carbocycles. The minimum Gasteiger partial charge on any atom is -0.497 e. The molecule has 1 heterocycles. The summed E-state index contributed by atoms with van der Waals surface area (Å²) in [4.78, 5) is 6.02. The smallest absolute Gasteiger partial charge is 0.118 e. The van der Waals surface area contributed by atoms with E-state index in [1.165, 1.54) is 9.88 Å². The molecule has 0 aliphatic rings. The molecule has 0 saturated heterocycles. The SMILES string of the molecule is COc1ccc(-c2nc(CCCCN)sc2C)cc1. The summed E-state index contributed by atoms with van der Waals surface area (Å²) in [6.45, 7) is 2.89. The van der Waals surface area contributed by atoms with Gasteiger partial charge in [0.05, 0.1) is 17.8 Å². The van der Waals surface area contributed by atoms with Gasteiger partial charge in [-0.2, -0.15) is 0 Å². The minimum atomic E-state index is 0.760. The van der Waals surface area contributed by atoms with Crippen LogP contribution in [0.3, 0.4) is 0 Å². The van der Waals surface area contributed by atoms with Gasteiger partial charge in [-0.25, -0.2) is 4.98 Å². The summed E-state index contributed by atoms with van der Waals surface area (Å²) < 4.78 is 5.18. The molecule has 0 radical (unpaired) electrons. The van der Waals surface area contributed by atoms with Crippen LogP contribution in [0.25, 0.3) is 11.3 Å². The van der Waals surface area contributed by atoms with Crippen molar-refractivity contribution in [1.29, 1.82) is 0 Å². The van der Waals surface area contributed by atoms with Gasteiger partial charge in [-0.1, -0.05) is 0 Å². The first-order valence-corrected chi connectivity index (χ1v) is 7.37. The van der Waals surface area contributed by atoms with Crippen molar-refractivity contribution in [3.05, 3.63) is 34.2 Å². The van der Waals surface area contributed by atoms with Gasteiger partial charge in [0.1, 0.15) is 5.75 Å². The second-order valence-electron chi connectivity index (χ2n) is 4.49. The molecule has 0 unspecified atom stereocenters. The summed E-state index contributed by atoms with van der Waals surface area (Å²) in [5, 5.41) is 1.21. The fraction of sp³-hybridized carbons (Fsp3) is 0.400. The normalized spacial score (nSPS) is 10.7. The quantitative estimate of drug-likeness (QED) is 0.823. The van der Waals surface area contributed by atoms with Crippen LogP contribution in [0.1, 0.15) is 22.7 Å². The number of ether oxygens (including phenoxy) is 1. The van der Waals surface area contributed by atoms with Gasteiger partial charge in [0, 0.05) is 10.4 Å². The molecular weight excluding hydrogens is 256 g/mol. The number of nitrogens with two attached hydrogens (primary N) is 1. The summed E-state index contributed by atoms with van der Waals surface area (Å²) >= 11 is 1.79. The molecule has 0 amide bonds. The maximum Gasteiger partial charge on any atom is 0.118 e. The van der Waals surface area contributed by atoms with E-state index in [2.05, 4.69) is 19.1 Å². The van der Waals surface area contributed by atoms with E-state index in [9.17, 15) is 0 Å². The highest BCUT2D eigenvalue weighted by molar-refractivity contribution is 7.12. The zero-order valence-corrected chi connectivity index (χ0v) is 12.3. The molecule has 2 aromatic rings. The molecule has 0 aliphatic heterocycles. The van der Waals surface area contributed by atoms with E-state index < -0.39 is 0 Å². The van der Waals surface area contributed by atoms with Gasteiger partial charge in [-0.15, -0.1) is 11.3 Å². The van der Waals surface area contributed by atoms with E-state index in [0.717, 1.165) is 42.8 Å². The Morgan fingerprint density at radius 2 is 1.95 bits per heavy atom. The number of aryl methyl sites for hydroxylation is 2. The average Bonchev–Trinajstić information content (AvgIpc) is 2.80. The monoisotopic (exact) mass is 276 g/mol. The van der Waals surface area contributed by atoms with Crippen LogP contribution in [0.5, 0.6) is 5.75 Å². The van der Waals surface area contributed by atoms with E-state index in [1.54, 1.807) is 18.4 Å². The Morgan fingerprint density at radius 3 is 2.58 bits per heavy atom. The van der Waals surface area contributed by atoms with Crippen molar-refractivity contribution in [3.8, 4) is 17.0 Å². The van der Waals surface area contributed by atoms with E-state index in [4.69, 9.17) is 15.5 Å². The third kappa shape index (κ3) is 3.55. The molecule has 2 rings (SSSR count). The summed E-state index contributed by atoms with van der Waals surface area (Å²) in [6, 6.07) is 8.07. The first-order chi connectivity index (χ1) is 9.24. The number of methoxy groups -OCH3 is 1. The summed E-state index contributed by atoms with van der Waals surface area (Å²) in [7, 11) is 1.68.